The van der Waals surface area contributed by atoms with Crippen molar-refractivity contribution in [2.24, 2.45) is 0 Å². The first-order chi connectivity index (χ1) is 14.8. The van der Waals surface area contributed by atoms with Crippen molar-refractivity contribution in [3.63, 3.8) is 0 Å². The molecule has 4 nitrogen and oxygen atoms in total. The highest BCUT2D eigenvalue weighted by atomic mass is 32.2. The van der Waals surface area contributed by atoms with Gasteiger partial charge in [0.25, 0.3) is 0 Å². The fourth-order valence-electron chi connectivity index (χ4n) is 3.59. The summed E-state index contributed by atoms with van der Waals surface area (Å²) in [5, 5.41) is 12.0. The molecule has 3 aromatic carbocycles. The second kappa shape index (κ2) is 8.13. The zero-order valence-corrected chi connectivity index (χ0v) is 17.4. The molecule has 0 atom stereocenters. The van der Waals surface area contributed by atoms with E-state index >= 15 is 0 Å². The Morgan fingerprint density at radius 3 is 2.23 bits per heavy atom. The second-order valence-electron chi connectivity index (χ2n) is 7.01. The van der Waals surface area contributed by atoms with Crippen molar-refractivity contribution < 1.29 is 0 Å². The molecule has 30 heavy (non-hydrogen) atoms. The van der Waals surface area contributed by atoms with E-state index in [-0.39, 0.29) is 0 Å². The Kier molecular flexibility index (Phi) is 5.03. The van der Waals surface area contributed by atoms with Gasteiger partial charge in [0, 0.05) is 18.0 Å². The van der Waals surface area contributed by atoms with Crippen LogP contribution in [0.3, 0.4) is 0 Å². The summed E-state index contributed by atoms with van der Waals surface area (Å²) in [5.41, 5.74) is 5.58. The molecule has 0 aliphatic rings. The van der Waals surface area contributed by atoms with Crippen LogP contribution in [0.15, 0.2) is 90.3 Å². The SMILES string of the molecule is CCSc1nnc(-c2cc(-c3ccncc3)cc(-c3ccc4ccccc4c3)c2)[nH]1. The molecule has 146 valence electrons. The van der Waals surface area contributed by atoms with Crippen molar-refractivity contribution in [1.82, 2.24) is 20.2 Å². The van der Waals surface area contributed by atoms with Crippen LogP contribution < -0.4 is 0 Å². The molecule has 2 aromatic heterocycles. The molecule has 0 saturated heterocycles. The Balaban J connectivity index is 1.67. The van der Waals surface area contributed by atoms with Crippen molar-refractivity contribution in [3.05, 3.63) is 85.2 Å². The Labute approximate surface area is 179 Å². The molecule has 0 saturated carbocycles. The normalized spacial score (nSPS) is 11.1. The minimum atomic E-state index is 0.781. The van der Waals surface area contributed by atoms with Crippen LogP contribution in [0.5, 0.6) is 0 Å². The van der Waals surface area contributed by atoms with E-state index < -0.39 is 0 Å². The predicted molar refractivity (Wildman–Crippen MR) is 124 cm³/mol. The van der Waals surface area contributed by atoms with Gasteiger partial charge in [-0.3, -0.25) is 4.98 Å². The number of fused-ring (bicyclic) bond motifs is 1. The highest BCUT2D eigenvalue weighted by molar-refractivity contribution is 7.99. The van der Waals surface area contributed by atoms with Crippen LogP contribution in [0, 0.1) is 0 Å². The van der Waals surface area contributed by atoms with Gasteiger partial charge in [-0.15, -0.1) is 10.2 Å². The molecule has 1 N–H and O–H groups in total. The summed E-state index contributed by atoms with van der Waals surface area (Å²) >= 11 is 1.66. The topological polar surface area (TPSA) is 54.5 Å². The first-order valence-corrected chi connectivity index (χ1v) is 10.9. The molecule has 0 amide bonds. The number of hydrogen-bond acceptors (Lipinski definition) is 4. The maximum absolute atomic E-state index is 4.39. The van der Waals surface area contributed by atoms with Crippen molar-refractivity contribution in [2.45, 2.75) is 12.1 Å². The molecule has 5 rings (SSSR count). The first-order valence-electron chi connectivity index (χ1n) is 9.90. The van der Waals surface area contributed by atoms with Gasteiger partial charge in [-0.25, -0.2) is 0 Å². The van der Waals surface area contributed by atoms with E-state index in [2.05, 4.69) is 87.8 Å². The number of H-pyrrole nitrogens is 1. The van der Waals surface area contributed by atoms with Gasteiger partial charge < -0.3 is 4.98 Å². The number of nitrogens with zero attached hydrogens (tertiary/aromatic N) is 3. The molecule has 0 fully saturated rings. The second-order valence-corrected chi connectivity index (χ2v) is 8.26. The number of nitrogens with one attached hydrogen (secondary N) is 1. The molecule has 0 unspecified atom stereocenters. The van der Waals surface area contributed by atoms with Crippen molar-refractivity contribution in [1.29, 1.82) is 0 Å². The van der Waals surface area contributed by atoms with Crippen LogP contribution in [0.4, 0.5) is 0 Å². The van der Waals surface area contributed by atoms with Crippen LogP contribution in [0.1, 0.15) is 6.92 Å². The summed E-state index contributed by atoms with van der Waals surface area (Å²) in [6, 6.07) is 25.6. The average molecular weight is 409 g/mol. The van der Waals surface area contributed by atoms with Gasteiger partial charge in [0.15, 0.2) is 11.0 Å². The number of aromatic amines is 1. The zero-order chi connectivity index (χ0) is 20.3. The molecular formula is C25H20N4S. The van der Waals surface area contributed by atoms with Crippen molar-refractivity contribution in [3.8, 4) is 33.6 Å². The fraction of sp³-hybridized carbons (Fsp3) is 0.0800. The minimum Gasteiger partial charge on any atom is -0.316 e. The van der Waals surface area contributed by atoms with E-state index in [1.165, 1.54) is 16.3 Å². The maximum atomic E-state index is 4.39. The third kappa shape index (κ3) is 3.72. The lowest BCUT2D eigenvalue weighted by atomic mass is 9.95. The van der Waals surface area contributed by atoms with Gasteiger partial charge in [-0.1, -0.05) is 55.1 Å². The summed E-state index contributed by atoms with van der Waals surface area (Å²) < 4.78 is 0. The third-order valence-electron chi connectivity index (χ3n) is 5.05. The number of rotatable bonds is 5. The summed E-state index contributed by atoms with van der Waals surface area (Å²) in [6.07, 6.45) is 3.64. The average Bonchev–Trinajstić information content (AvgIpc) is 3.28. The van der Waals surface area contributed by atoms with Gasteiger partial charge in [0.1, 0.15) is 0 Å². The molecule has 2 heterocycles. The number of aromatic nitrogens is 4. The monoisotopic (exact) mass is 408 g/mol. The summed E-state index contributed by atoms with van der Waals surface area (Å²) in [4.78, 5) is 7.50. The Hall–Kier alpha value is -3.44. The first kappa shape index (κ1) is 18.6. The summed E-state index contributed by atoms with van der Waals surface area (Å²) in [7, 11) is 0. The van der Waals surface area contributed by atoms with Gasteiger partial charge in [0.2, 0.25) is 0 Å². The van der Waals surface area contributed by atoms with E-state index in [4.69, 9.17) is 0 Å². The summed E-state index contributed by atoms with van der Waals surface area (Å²) in [5.74, 6) is 1.73. The van der Waals surface area contributed by atoms with Crippen LogP contribution >= 0.6 is 11.8 Å². The van der Waals surface area contributed by atoms with Crippen LogP contribution in [0.2, 0.25) is 0 Å². The van der Waals surface area contributed by atoms with Crippen LogP contribution in [-0.2, 0) is 0 Å². The number of benzene rings is 3. The molecule has 5 aromatic rings. The number of thioether (sulfide) groups is 1. The largest absolute Gasteiger partial charge is 0.316 e. The highest BCUT2D eigenvalue weighted by Gasteiger charge is 2.11. The summed E-state index contributed by atoms with van der Waals surface area (Å²) in [6.45, 7) is 2.11. The van der Waals surface area contributed by atoms with Crippen molar-refractivity contribution >= 4 is 22.5 Å². The molecule has 0 radical (unpaired) electrons. The van der Waals surface area contributed by atoms with E-state index in [1.54, 1.807) is 11.8 Å². The predicted octanol–water partition coefficient (Wildman–Crippen LogP) is 6.47. The standard InChI is InChI=1S/C25H20N4S/c1-2-30-25-27-24(28-29-25)23-15-21(18-9-11-26-12-10-18)14-22(16-23)20-8-7-17-5-3-4-6-19(17)13-20/h3-16H,2H2,1H3,(H,27,28,29). The molecule has 0 aliphatic heterocycles. The number of hydrogen-bond donors (Lipinski definition) is 1. The Bertz CT molecular complexity index is 1310. The lowest BCUT2D eigenvalue weighted by Gasteiger charge is -2.10. The lowest BCUT2D eigenvalue weighted by molar-refractivity contribution is 0.974. The maximum Gasteiger partial charge on any atom is 0.188 e. The van der Waals surface area contributed by atoms with Crippen LogP contribution in [0.25, 0.3) is 44.4 Å². The smallest absolute Gasteiger partial charge is 0.188 e. The Morgan fingerprint density at radius 1 is 0.700 bits per heavy atom. The van der Waals surface area contributed by atoms with E-state index in [1.807, 2.05) is 24.5 Å². The Morgan fingerprint density at radius 2 is 1.43 bits per heavy atom. The zero-order valence-electron chi connectivity index (χ0n) is 16.5. The van der Waals surface area contributed by atoms with Crippen molar-refractivity contribution in [2.75, 3.05) is 5.75 Å². The molecule has 5 heteroatoms. The third-order valence-corrected chi connectivity index (χ3v) is 5.80. The van der Waals surface area contributed by atoms with Gasteiger partial charge >= 0.3 is 0 Å². The van der Waals surface area contributed by atoms with Gasteiger partial charge in [-0.05, 0) is 75.2 Å². The molecule has 0 aliphatic carbocycles. The molecule has 0 bridgehead atoms. The fourth-order valence-corrected chi connectivity index (χ4v) is 4.13. The minimum absolute atomic E-state index is 0.781. The van der Waals surface area contributed by atoms with Crippen LogP contribution in [-0.4, -0.2) is 25.9 Å². The van der Waals surface area contributed by atoms with E-state index in [0.29, 0.717) is 0 Å². The van der Waals surface area contributed by atoms with E-state index in [0.717, 1.165) is 39.0 Å². The molecular weight excluding hydrogens is 388 g/mol. The molecule has 0 spiro atoms. The van der Waals surface area contributed by atoms with Gasteiger partial charge in [-0.2, -0.15) is 0 Å². The number of pyridine rings is 1. The highest BCUT2D eigenvalue weighted by Crippen LogP contribution is 2.33. The van der Waals surface area contributed by atoms with Gasteiger partial charge in [0.05, 0.1) is 0 Å². The quantitative estimate of drug-likeness (QED) is 0.339. The lowest BCUT2D eigenvalue weighted by Crippen LogP contribution is -1.88. The van der Waals surface area contributed by atoms with E-state index in [9.17, 15) is 0 Å².